The Morgan fingerprint density at radius 3 is 2.75 bits per heavy atom. The van der Waals surface area contributed by atoms with Crippen LogP contribution >= 0.6 is 0 Å². The fourth-order valence-electron chi connectivity index (χ4n) is 1.82. The van der Waals surface area contributed by atoms with Gasteiger partial charge in [0.05, 0.1) is 13.2 Å². The maximum atomic E-state index is 10.9. The van der Waals surface area contributed by atoms with E-state index in [0.717, 1.165) is 36.2 Å². The molecule has 0 aliphatic carbocycles. The van der Waals surface area contributed by atoms with Gasteiger partial charge in [-0.05, 0) is 24.1 Å². The predicted octanol–water partition coefficient (Wildman–Crippen LogP) is 2.54. The molecule has 0 saturated carbocycles. The first-order valence-corrected chi connectivity index (χ1v) is 5.70. The van der Waals surface area contributed by atoms with Crippen molar-refractivity contribution in [1.29, 1.82) is 0 Å². The van der Waals surface area contributed by atoms with Gasteiger partial charge in [-0.3, -0.25) is 0 Å². The normalized spacial score (nSPS) is 16.3. The van der Waals surface area contributed by atoms with E-state index in [2.05, 4.69) is 0 Å². The van der Waals surface area contributed by atoms with Gasteiger partial charge in [0.2, 0.25) is 0 Å². The Kier molecular flexibility index (Phi) is 3.44. The van der Waals surface area contributed by atoms with Crippen LogP contribution in [0.2, 0.25) is 0 Å². The first-order valence-electron chi connectivity index (χ1n) is 5.70. The number of aldehydes is 1. The van der Waals surface area contributed by atoms with Crippen LogP contribution in [0.5, 0.6) is 11.5 Å². The van der Waals surface area contributed by atoms with Crippen LogP contribution in [-0.4, -0.2) is 19.5 Å². The Morgan fingerprint density at radius 1 is 1.31 bits per heavy atom. The molecule has 0 radical (unpaired) electrons. The molecule has 1 aliphatic rings. The molecule has 1 aliphatic heterocycles. The Bertz CT molecular complexity index is 373. The molecule has 1 aromatic carbocycles. The summed E-state index contributed by atoms with van der Waals surface area (Å²) in [6.07, 6.45) is 2.69. The first kappa shape index (κ1) is 11.0. The smallest absolute Gasteiger partial charge is 0.161 e. The Balaban J connectivity index is 2.29. The number of benzene rings is 1. The van der Waals surface area contributed by atoms with Crippen molar-refractivity contribution in [3.05, 3.63) is 23.8 Å². The summed E-state index contributed by atoms with van der Waals surface area (Å²) >= 11 is 0. The molecule has 1 unspecified atom stereocenters. The third-order valence-corrected chi connectivity index (χ3v) is 2.80. The first-order chi connectivity index (χ1) is 7.85. The molecular weight excluding hydrogens is 204 g/mol. The van der Waals surface area contributed by atoms with E-state index in [4.69, 9.17) is 9.47 Å². The van der Waals surface area contributed by atoms with Gasteiger partial charge in [0.15, 0.2) is 11.5 Å². The van der Waals surface area contributed by atoms with Gasteiger partial charge in [0, 0.05) is 12.3 Å². The molecule has 16 heavy (non-hydrogen) atoms. The van der Waals surface area contributed by atoms with Crippen LogP contribution in [0.4, 0.5) is 0 Å². The topological polar surface area (TPSA) is 35.5 Å². The second-order valence-corrected chi connectivity index (χ2v) is 3.91. The Labute approximate surface area is 95.4 Å². The lowest BCUT2D eigenvalue weighted by Crippen LogP contribution is -2.00. The minimum atomic E-state index is -0.0443. The molecule has 0 saturated heterocycles. The monoisotopic (exact) mass is 220 g/mol. The summed E-state index contributed by atoms with van der Waals surface area (Å²) in [4.78, 5) is 10.9. The van der Waals surface area contributed by atoms with Crippen LogP contribution in [0.3, 0.4) is 0 Å². The number of rotatable bonds is 3. The third-order valence-electron chi connectivity index (χ3n) is 2.80. The molecule has 1 heterocycles. The maximum absolute atomic E-state index is 10.9. The number of carbonyl (C=O) groups is 1. The molecule has 0 aromatic heterocycles. The lowest BCUT2D eigenvalue weighted by molar-refractivity contribution is -0.109. The summed E-state index contributed by atoms with van der Waals surface area (Å²) < 4.78 is 11.1. The molecule has 1 aromatic rings. The average molecular weight is 220 g/mol. The van der Waals surface area contributed by atoms with Crippen LogP contribution in [0.25, 0.3) is 0 Å². The SMILES string of the molecule is CCC(C=O)c1ccc2c(c1)OCCCO2. The van der Waals surface area contributed by atoms with Crippen molar-refractivity contribution in [2.24, 2.45) is 0 Å². The third kappa shape index (κ3) is 2.18. The molecule has 0 fully saturated rings. The molecular formula is C13H16O3. The van der Waals surface area contributed by atoms with Gasteiger partial charge in [-0.1, -0.05) is 13.0 Å². The minimum absolute atomic E-state index is 0.0443. The van der Waals surface area contributed by atoms with Crippen molar-refractivity contribution in [3.8, 4) is 11.5 Å². The zero-order valence-corrected chi connectivity index (χ0v) is 9.44. The van der Waals surface area contributed by atoms with Crippen molar-refractivity contribution < 1.29 is 14.3 Å². The van der Waals surface area contributed by atoms with Gasteiger partial charge >= 0.3 is 0 Å². The number of carbonyl (C=O) groups excluding carboxylic acids is 1. The van der Waals surface area contributed by atoms with E-state index < -0.39 is 0 Å². The largest absolute Gasteiger partial charge is 0.490 e. The summed E-state index contributed by atoms with van der Waals surface area (Å²) in [5.41, 5.74) is 1.00. The van der Waals surface area contributed by atoms with E-state index in [1.54, 1.807) is 0 Å². The standard InChI is InChI=1S/C13H16O3/c1-2-10(9-14)11-4-5-12-13(8-11)16-7-3-6-15-12/h4-5,8-10H,2-3,6-7H2,1H3. The van der Waals surface area contributed by atoms with E-state index in [1.165, 1.54) is 0 Å². The van der Waals surface area contributed by atoms with Gasteiger partial charge in [-0.15, -0.1) is 0 Å². The van der Waals surface area contributed by atoms with E-state index in [1.807, 2.05) is 25.1 Å². The zero-order chi connectivity index (χ0) is 11.4. The van der Waals surface area contributed by atoms with Gasteiger partial charge in [-0.25, -0.2) is 0 Å². The van der Waals surface area contributed by atoms with Crippen LogP contribution in [0, 0.1) is 0 Å². The summed E-state index contributed by atoms with van der Waals surface area (Å²) in [6, 6.07) is 5.75. The van der Waals surface area contributed by atoms with Gasteiger partial charge in [0.25, 0.3) is 0 Å². The second-order valence-electron chi connectivity index (χ2n) is 3.91. The van der Waals surface area contributed by atoms with Crippen molar-refractivity contribution in [2.45, 2.75) is 25.7 Å². The number of hydrogen-bond donors (Lipinski definition) is 0. The summed E-state index contributed by atoms with van der Waals surface area (Å²) in [5.74, 6) is 1.49. The molecule has 0 spiro atoms. The number of fused-ring (bicyclic) bond motifs is 1. The minimum Gasteiger partial charge on any atom is -0.490 e. The quantitative estimate of drug-likeness (QED) is 0.734. The molecule has 0 N–H and O–H groups in total. The zero-order valence-electron chi connectivity index (χ0n) is 9.44. The van der Waals surface area contributed by atoms with Crippen LogP contribution in [0.15, 0.2) is 18.2 Å². The Morgan fingerprint density at radius 2 is 2.06 bits per heavy atom. The highest BCUT2D eigenvalue weighted by Gasteiger charge is 2.14. The van der Waals surface area contributed by atoms with E-state index in [-0.39, 0.29) is 5.92 Å². The fourth-order valence-corrected chi connectivity index (χ4v) is 1.82. The van der Waals surface area contributed by atoms with E-state index >= 15 is 0 Å². The lowest BCUT2D eigenvalue weighted by atomic mass is 9.98. The summed E-state index contributed by atoms with van der Waals surface area (Å²) in [7, 11) is 0. The maximum Gasteiger partial charge on any atom is 0.161 e. The van der Waals surface area contributed by atoms with E-state index in [0.29, 0.717) is 13.2 Å². The highest BCUT2D eigenvalue weighted by Crippen LogP contribution is 2.33. The Hall–Kier alpha value is -1.51. The van der Waals surface area contributed by atoms with Crippen LogP contribution < -0.4 is 9.47 Å². The summed E-state index contributed by atoms with van der Waals surface area (Å²) in [5, 5.41) is 0. The lowest BCUT2D eigenvalue weighted by Gasteiger charge is -2.12. The number of hydrogen-bond acceptors (Lipinski definition) is 3. The van der Waals surface area contributed by atoms with E-state index in [9.17, 15) is 4.79 Å². The molecule has 1 atom stereocenters. The van der Waals surface area contributed by atoms with Crippen molar-refractivity contribution >= 4 is 6.29 Å². The molecule has 0 bridgehead atoms. The fraction of sp³-hybridized carbons (Fsp3) is 0.462. The highest BCUT2D eigenvalue weighted by molar-refractivity contribution is 5.63. The molecule has 0 amide bonds. The molecule has 3 heteroatoms. The highest BCUT2D eigenvalue weighted by atomic mass is 16.5. The van der Waals surface area contributed by atoms with Crippen LogP contribution in [-0.2, 0) is 4.79 Å². The molecule has 3 nitrogen and oxygen atoms in total. The second kappa shape index (κ2) is 5.01. The van der Waals surface area contributed by atoms with Crippen LogP contribution in [0.1, 0.15) is 31.2 Å². The molecule has 86 valence electrons. The van der Waals surface area contributed by atoms with Crippen molar-refractivity contribution in [2.75, 3.05) is 13.2 Å². The summed E-state index contributed by atoms with van der Waals surface area (Å²) in [6.45, 7) is 3.37. The van der Waals surface area contributed by atoms with Crippen molar-refractivity contribution in [3.63, 3.8) is 0 Å². The average Bonchev–Trinajstić information content (AvgIpc) is 2.55. The predicted molar refractivity (Wildman–Crippen MR) is 61.1 cm³/mol. The van der Waals surface area contributed by atoms with Gasteiger partial charge in [0.1, 0.15) is 6.29 Å². The van der Waals surface area contributed by atoms with Crippen molar-refractivity contribution in [1.82, 2.24) is 0 Å². The molecule has 2 rings (SSSR count). The van der Waals surface area contributed by atoms with Gasteiger partial charge in [-0.2, -0.15) is 0 Å². The number of ether oxygens (including phenoxy) is 2. The van der Waals surface area contributed by atoms with Gasteiger partial charge < -0.3 is 14.3 Å².